The highest BCUT2D eigenvalue weighted by atomic mass is 16.6. The van der Waals surface area contributed by atoms with Gasteiger partial charge < -0.3 is 15.4 Å². The highest BCUT2D eigenvalue weighted by Crippen LogP contribution is 2.29. The van der Waals surface area contributed by atoms with Crippen LogP contribution in [0.3, 0.4) is 0 Å². The predicted molar refractivity (Wildman–Crippen MR) is 102 cm³/mol. The van der Waals surface area contributed by atoms with Crippen LogP contribution in [0, 0.1) is 0 Å². The van der Waals surface area contributed by atoms with Gasteiger partial charge in [-0.15, -0.1) is 6.58 Å². The number of para-hydroxylation sites is 1. The molecule has 27 heavy (non-hydrogen) atoms. The minimum absolute atomic E-state index is 0.256. The fourth-order valence-corrected chi connectivity index (χ4v) is 2.96. The summed E-state index contributed by atoms with van der Waals surface area (Å²) in [6.07, 6.45) is 1.82. The summed E-state index contributed by atoms with van der Waals surface area (Å²) in [6, 6.07) is 13.7. The van der Waals surface area contributed by atoms with E-state index in [0.717, 1.165) is 5.56 Å². The third-order valence-electron chi connectivity index (χ3n) is 4.39. The van der Waals surface area contributed by atoms with Gasteiger partial charge in [-0.05, 0) is 30.7 Å². The van der Waals surface area contributed by atoms with Crippen LogP contribution in [-0.4, -0.2) is 29.9 Å². The molecule has 6 nitrogen and oxygen atoms in total. The minimum atomic E-state index is -1.36. The SMILES string of the molecule is C=CCNC(=O)c1ccccc1NC(=O)C1(C)Cc2ccccc2C(=O)O1. The highest BCUT2D eigenvalue weighted by molar-refractivity contribution is 6.07. The molecule has 0 saturated heterocycles. The number of hydrogen-bond acceptors (Lipinski definition) is 4. The molecule has 6 heteroatoms. The van der Waals surface area contributed by atoms with Crippen molar-refractivity contribution in [2.24, 2.45) is 0 Å². The molecule has 2 aromatic carbocycles. The molecule has 0 saturated carbocycles. The number of ether oxygens (including phenoxy) is 1. The van der Waals surface area contributed by atoms with Gasteiger partial charge in [0.2, 0.25) is 0 Å². The second-order valence-corrected chi connectivity index (χ2v) is 6.45. The monoisotopic (exact) mass is 364 g/mol. The van der Waals surface area contributed by atoms with E-state index in [2.05, 4.69) is 17.2 Å². The normalized spacial score (nSPS) is 18.0. The summed E-state index contributed by atoms with van der Waals surface area (Å²) in [5.41, 5.74) is 0.519. The Labute approximate surface area is 157 Å². The molecular formula is C21H20N2O4. The summed E-state index contributed by atoms with van der Waals surface area (Å²) in [5.74, 6) is -1.36. The molecule has 1 unspecified atom stereocenters. The van der Waals surface area contributed by atoms with E-state index in [9.17, 15) is 14.4 Å². The molecule has 0 aromatic heterocycles. The van der Waals surface area contributed by atoms with Crippen molar-refractivity contribution in [1.82, 2.24) is 5.32 Å². The van der Waals surface area contributed by atoms with E-state index in [1.54, 1.807) is 55.5 Å². The summed E-state index contributed by atoms with van der Waals surface area (Å²) in [6.45, 7) is 5.44. The van der Waals surface area contributed by atoms with Gasteiger partial charge >= 0.3 is 5.97 Å². The second kappa shape index (κ2) is 7.45. The van der Waals surface area contributed by atoms with Crippen LogP contribution < -0.4 is 10.6 Å². The number of rotatable bonds is 5. The fourth-order valence-electron chi connectivity index (χ4n) is 2.96. The number of fused-ring (bicyclic) bond motifs is 1. The number of carbonyl (C=O) groups excluding carboxylic acids is 3. The molecule has 1 atom stereocenters. The van der Waals surface area contributed by atoms with Gasteiger partial charge in [-0.2, -0.15) is 0 Å². The van der Waals surface area contributed by atoms with Crippen molar-refractivity contribution in [2.45, 2.75) is 18.9 Å². The van der Waals surface area contributed by atoms with Crippen molar-refractivity contribution in [3.8, 4) is 0 Å². The van der Waals surface area contributed by atoms with E-state index >= 15 is 0 Å². The summed E-state index contributed by atoms with van der Waals surface area (Å²) >= 11 is 0. The first kappa shape index (κ1) is 18.4. The Balaban J connectivity index is 1.83. The number of amides is 2. The van der Waals surface area contributed by atoms with Crippen LogP contribution in [0.2, 0.25) is 0 Å². The van der Waals surface area contributed by atoms with Crippen molar-refractivity contribution in [2.75, 3.05) is 11.9 Å². The molecule has 1 aliphatic heterocycles. The second-order valence-electron chi connectivity index (χ2n) is 6.45. The first-order valence-electron chi connectivity index (χ1n) is 8.55. The molecule has 1 heterocycles. The number of benzene rings is 2. The average Bonchev–Trinajstić information content (AvgIpc) is 2.66. The van der Waals surface area contributed by atoms with Crippen LogP contribution in [0.4, 0.5) is 5.69 Å². The zero-order chi connectivity index (χ0) is 19.4. The van der Waals surface area contributed by atoms with Gasteiger partial charge in [0.05, 0.1) is 16.8 Å². The van der Waals surface area contributed by atoms with Gasteiger partial charge in [0, 0.05) is 13.0 Å². The first-order valence-corrected chi connectivity index (χ1v) is 8.55. The maximum absolute atomic E-state index is 12.9. The Hall–Kier alpha value is -3.41. The zero-order valence-electron chi connectivity index (χ0n) is 15.0. The highest BCUT2D eigenvalue weighted by Gasteiger charge is 2.42. The lowest BCUT2D eigenvalue weighted by molar-refractivity contribution is -0.134. The van der Waals surface area contributed by atoms with Crippen LogP contribution >= 0.6 is 0 Å². The van der Waals surface area contributed by atoms with E-state index in [4.69, 9.17) is 4.74 Å². The number of cyclic esters (lactones) is 1. The average molecular weight is 364 g/mol. The summed E-state index contributed by atoms with van der Waals surface area (Å²) < 4.78 is 5.43. The van der Waals surface area contributed by atoms with Crippen molar-refractivity contribution in [3.05, 3.63) is 77.9 Å². The zero-order valence-corrected chi connectivity index (χ0v) is 15.0. The van der Waals surface area contributed by atoms with Crippen molar-refractivity contribution >= 4 is 23.5 Å². The minimum Gasteiger partial charge on any atom is -0.445 e. The summed E-state index contributed by atoms with van der Waals surface area (Å²) in [4.78, 5) is 37.5. The van der Waals surface area contributed by atoms with Gasteiger partial charge in [-0.1, -0.05) is 36.4 Å². The Bertz CT molecular complexity index is 922. The number of nitrogens with one attached hydrogen (secondary N) is 2. The van der Waals surface area contributed by atoms with Crippen LogP contribution in [-0.2, 0) is 16.0 Å². The van der Waals surface area contributed by atoms with Crippen LogP contribution in [0.5, 0.6) is 0 Å². The molecule has 0 radical (unpaired) electrons. The molecule has 2 amide bonds. The molecular weight excluding hydrogens is 344 g/mol. The lowest BCUT2D eigenvalue weighted by atomic mass is 9.89. The number of hydrogen-bond donors (Lipinski definition) is 2. The predicted octanol–water partition coefficient (Wildman–Crippen LogP) is 2.71. The van der Waals surface area contributed by atoms with Gasteiger partial charge in [-0.25, -0.2) is 4.79 Å². The van der Waals surface area contributed by atoms with E-state index in [0.29, 0.717) is 23.4 Å². The van der Waals surface area contributed by atoms with Gasteiger partial charge in [-0.3, -0.25) is 9.59 Å². The first-order chi connectivity index (χ1) is 12.9. The molecule has 2 aromatic rings. The molecule has 0 bridgehead atoms. The van der Waals surface area contributed by atoms with E-state index in [-0.39, 0.29) is 12.3 Å². The van der Waals surface area contributed by atoms with Crippen molar-refractivity contribution in [1.29, 1.82) is 0 Å². The van der Waals surface area contributed by atoms with E-state index < -0.39 is 17.5 Å². The molecule has 138 valence electrons. The smallest absolute Gasteiger partial charge is 0.339 e. The summed E-state index contributed by atoms with van der Waals surface area (Å²) in [7, 11) is 0. The number of esters is 1. The van der Waals surface area contributed by atoms with Crippen molar-refractivity contribution < 1.29 is 19.1 Å². The maximum Gasteiger partial charge on any atom is 0.339 e. The quantitative estimate of drug-likeness (QED) is 0.631. The third-order valence-corrected chi connectivity index (χ3v) is 4.39. The van der Waals surface area contributed by atoms with Crippen LogP contribution in [0.1, 0.15) is 33.2 Å². The molecule has 0 fully saturated rings. The molecule has 2 N–H and O–H groups in total. The summed E-state index contributed by atoms with van der Waals surface area (Å²) in [5, 5.41) is 5.40. The van der Waals surface area contributed by atoms with Crippen molar-refractivity contribution in [3.63, 3.8) is 0 Å². The largest absolute Gasteiger partial charge is 0.445 e. The van der Waals surface area contributed by atoms with E-state index in [1.165, 1.54) is 0 Å². The molecule has 1 aliphatic rings. The van der Waals surface area contributed by atoms with Crippen LogP contribution in [0.15, 0.2) is 61.2 Å². The molecule has 3 rings (SSSR count). The van der Waals surface area contributed by atoms with Gasteiger partial charge in [0.1, 0.15) is 0 Å². The Kier molecular flexibility index (Phi) is 5.07. The van der Waals surface area contributed by atoms with Gasteiger partial charge in [0.15, 0.2) is 5.60 Å². The molecule has 0 aliphatic carbocycles. The maximum atomic E-state index is 12.9. The lowest BCUT2D eigenvalue weighted by Crippen LogP contribution is -2.49. The Morgan fingerprint density at radius 2 is 1.89 bits per heavy atom. The standard InChI is InChI=1S/C21H20N2O4/c1-3-12-22-18(24)16-10-6-7-11-17(16)23-20(26)21(2)13-14-8-4-5-9-15(14)19(25)27-21/h3-11H,1,12-13H2,2H3,(H,22,24)(H,23,26). The van der Waals surface area contributed by atoms with Gasteiger partial charge in [0.25, 0.3) is 11.8 Å². The third kappa shape index (κ3) is 3.74. The number of anilines is 1. The fraction of sp³-hybridized carbons (Fsp3) is 0.190. The Morgan fingerprint density at radius 1 is 1.19 bits per heavy atom. The number of carbonyl (C=O) groups is 3. The van der Waals surface area contributed by atoms with E-state index in [1.807, 2.05) is 6.07 Å². The molecule has 0 spiro atoms. The van der Waals surface area contributed by atoms with Crippen LogP contribution in [0.25, 0.3) is 0 Å². The topological polar surface area (TPSA) is 84.5 Å². The lowest BCUT2D eigenvalue weighted by Gasteiger charge is -2.33. The Morgan fingerprint density at radius 3 is 2.67 bits per heavy atom.